The number of ether oxygens (including phenoxy) is 1. The number of rotatable bonds is 5. The topological polar surface area (TPSA) is 62.1 Å². The summed E-state index contributed by atoms with van der Waals surface area (Å²) in [6.45, 7) is 1.69. The van der Waals surface area contributed by atoms with E-state index in [2.05, 4.69) is 5.32 Å². The molecule has 0 aliphatic heterocycles. The van der Waals surface area contributed by atoms with Crippen LogP contribution in [0.3, 0.4) is 0 Å². The van der Waals surface area contributed by atoms with Crippen molar-refractivity contribution in [1.29, 1.82) is 5.26 Å². The Labute approximate surface area is 142 Å². The van der Waals surface area contributed by atoms with Crippen LogP contribution in [-0.2, 0) is 11.0 Å². The second kappa shape index (κ2) is 7.71. The summed E-state index contributed by atoms with van der Waals surface area (Å²) in [5, 5.41) is 11.2. The zero-order valence-electron chi connectivity index (χ0n) is 13.3. The summed E-state index contributed by atoms with van der Waals surface area (Å²) in [5.74, 6) is -0.459. The van der Waals surface area contributed by atoms with Gasteiger partial charge in [0, 0.05) is 5.69 Å². The van der Waals surface area contributed by atoms with Gasteiger partial charge < -0.3 is 10.1 Å². The number of hydrogen-bond donors (Lipinski definition) is 1. The molecule has 1 N–H and O–H groups in total. The molecule has 1 amide bonds. The lowest BCUT2D eigenvalue weighted by atomic mass is 10.1. The third-order valence-corrected chi connectivity index (χ3v) is 3.40. The molecule has 0 bridgehead atoms. The van der Waals surface area contributed by atoms with E-state index in [4.69, 9.17) is 10.00 Å². The van der Waals surface area contributed by atoms with Gasteiger partial charge in [-0.2, -0.15) is 18.4 Å². The number of benzene rings is 2. The molecule has 0 spiro atoms. The Hall–Kier alpha value is -3.01. The van der Waals surface area contributed by atoms with Gasteiger partial charge in [0.1, 0.15) is 5.75 Å². The molecule has 130 valence electrons. The molecule has 2 aromatic carbocycles. The zero-order chi connectivity index (χ0) is 18.4. The average Bonchev–Trinajstić information content (AvgIpc) is 2.59. The molecular formula is C18H15F3N2O2. The van der Waals surface area contributed by atoms with Crippen molar-refractivity contribution < 1.29 is 22.7 Å². The molecule has 0 saturated carbocycles. The summed E-state index contributed by atoms with van der Waals surface area (Å²) < 4.78 is 44.3. The van der Waals surface area contributed by atoms with Crippen LogP contribution in [0.4, 0.5) is 18.9 Å². The molecule has 0 heterocycles. The van der Waals surface area contributed by atoms with E-state index in [1.807, 2.05) is 6.07 Å². The fourth-order valence-electron chi connectivity index (χ4n) is 2.03. The third-order valence-electron chi connectivity index (χ3n) is 3.40. The molecule has 0 aromatic heterocycles. The van der Waals surface area contributed by atoms with E-state index in [0.29, 0.717) is 5.75 Å². The Balaban J connectivity index is 2.03. The fourth-order valence-corrected chi connectivity index (χ4v) is 2.03. The fraction of sp³-hybridized carbons (Fsp3) is 0.222. The van der Waals surface area contributed by atoms with Crippen molar-refractivity contribution >= 4 is 11.6 Å². The van der Waals surface area contributed by atoms with Crippen molar-refractivity contribution in [1.82, 2.24) is 0 Å². The highest BCUT2D eigenvalue weighted by Gasteiger charge is 2.34. The van der Waals surface area contributed by atoms with Crippen LogP contribution in [0.25, 0.3) is 0 Å². The highest BCUT2D eigenvalue weighted by Crippen LogP contribution is 2.33. The van der Waals surface area contributed by atoms with Gasteiger partial charge in [-0.15, -0.1) is 0 Å². The first-order valence-corrected chi connectivity index (χ1v) is 7.41. The second-order valence-electron chi connectivity index (χ2n) is 5.38. The van der Waals surface area contributed by atoms with E-state index >= 15 is 0 Å². The van der Waals surface area contributed by atoms with Gasteiger partial charge in [-0.25, -0.2) is 0 Å². The van der Waals surface area contributed by atoms with E-state index < -0.39 is 29.1 Å². The highest BCUT2D eigenvalue weighted by molar-refractivity contribution is 5.92. The number of alkyl halides is 3. The number of nitrogens with zero attached hydrogens (tertiary/aromatic N) is 1. The monoisotopic (exact) mass is 348 g/mol. The molecule has 25 heavy (non-hydrogen) atoms. The van der Waals surface area contributed by atoms with E-state index in [1.165, 1.54) is 12.1 Å². The van der Waals surface area contributed by atoms with Gasteiger partial charge in [-0.3, -0.25) is 4.79 Å². The number of hydrogen-bond acceptors (Lipinski definition) is 3. The number of halogens is 3. The number of nitrogens with one attached hydrogen (secondary N) is 1. The SMILES string of the molecule is C[C@H](COc1ccccc1)C(=O)Nc1ccc(C#N)c(C(F)(F)F)c1. The first-order chi connectivity index (χ1) is 11.8. The van der Waals surface area contributed by atoms with Gasteiger partial charge in [0.25, 0.3) is 0 Å². The van der Waals surface area contributed by atoms with Crippen molar-refractivity contribution in [3.8, 4) is 11.8 Å². The minimum absolute atomic E-state index is 0.0251. The van der Waals surface area contributed by atoms with E-state index in [9.17, 15) is 18.0 Å². The summed E-state index contributed by atoms with van der Waals surface area (Å²) in [5.41, 5.74) is -1.60. The summed E-state index contributed by atoms with van der Waals surface area (Å²) in [6.07, 6.45) is -4.67. The van der Waals surface area contributed by atoms with E-state index in [-0.39, 0.29) is 12.3 Å². The molecule has 0 saturated heterocycles. The van der Waals surface area contributed by atoms with Crippen LogP contribution in [0.5, 0.6) is 5.75 Å². The molecule has 1 atom stereocenters. The number of anilines is 1. The van der Waals surface area contributed by atoms with Crippen LogP contribution in [0.15, 0.2) is 48.5 Å². The Morgan fingerprint density at radius 2 is 1.92 bits per heavy atom. The van der Waals surface area contributed by atoms with Crippen LogP contribution in [0, 0.1) is 17.2 Å². The minimum atomic E-state index is -4.67. The average molecular weight is 348 g/mol. The maximum atomic E-state index is 12.9. The molecule has 0 fully saturated rings. The van der Waals surface area contributed by atoms with E-state index in [0.717, 1.165) is 12.1 Å². The maximum Gasteiger partial charge on any atom is 0.417 e. The second-order valence-corrected chi connectivity index (χ2v) is 5.38. The van der Waals surface area contributed by atoms with Crippen LogP contribution in [-0.4, -0.2) is 12.5 Å². The highest BCUT2D eigenvalue weighted by atomic mass is 19.4. The van der Waals surface area contributed by atoms with Gasteiger partial charge in [0.15, 0.2) is 0 Å². The lowest BCUT2D eigenvalue weighted by molar-refractivity contribution is -0.137. The third kappa shape index (κ3) is 4.98. The number of carbonyl (C=O) groups excluding carboxylic acids is 1. The van der Waals surface area contributed by atoms with Crippen molar-refractivity contribution in [2.24, 2.45) is 5.92 Å². The largest absolute Gasteiger partial charge is 0.493 e. The van der Waals surface area contributed by atoms with Gasteiger partial charge >= 0.3 is 6.18 Å². The van der Waals surface area contributed by atoms with Crippen molar-refractivity contribution in [2.75, 3.05) is 11.9 Å². The van der Waals surface area contributed by atoms with Crippen LogP contribution in [0.2, 0.25) is 0 Å². The lowest BCUT2D eigenvalue weighted by Gasteiger charge is -2.15. The molecule has 0 aliphatic carbocycles. The molecule has 7 heteroatoms. The van der Waals surface area contributed by atoms with Gasteiger partial charge in [0.05, 0.1) is 29.7 Å². The predicted molar refractivity (Wildman–Crippen MR) is 85.9 cm³/mol. The summed E-state index contributed by atoms with van der Waals surface area (Å²) >= 11 is 0. The molecule has 4 nitrogen and oxygen atoms in total. The quantitative estimate of drug-likeness (QED) is 0.879. The first kappa shape index (κ1) is 18.3. The smallest absolute Gasteiger partial charge is 0.417 e. The van der Waals surface area contributed by atoms with Crippen LogP contribution in [0.1, 0.15) is 18.1 Å². The molecular weight excluding hydrogens is 333 g/mol. The van der Waals surface area contributed by atoms with Crippen LogP contribution >= 0.6 is 0 Å². The number of para-hydroxylation sites is 1. The van der Waals surface area contributed by atoms with Gasteiger partial charge in [0.2, 0.25) is 5.91 Å². The summed E-state index contributed by atoms with van der Waals surface area (Å²) in [4.78, 5) is 12.1. The van der Waals surface area contributed by atoms with Crippen LogP contribution < -0.4 is 10.1 Å². The summed E-state index contributed by atoms with van der Waals surface area (Å²) in [6, 6.07) is 13.4. The Morgan fingerprint density at radius 3 is 2.52 bits per heavy atom. The molecule has 0 unspecified atom stereocenters. The van der Waals surface area contributed by atoms with Gasteiger partial charge in [-0.1, -0.05) is 25.1 Å². The predicted octanol–water partition coefficient (Wildman–Crippen LogP) is 4.23. The Bertz CT molecular complexity index is 783. The van der Waals surface area contributed by atoms with Crippen molar-refractivity contribution in [3.63, 3.8) is 0 Å². The maximum absolute atomic E-state index is 12.9. The molecule has 2 aromatic rings. The standard InChI is InChI=1S/C18H15F3N2O2/c1-12(11-25-15-5-3-2-4-6-15)17(24)23-14-8-7-13(10-22)16(9-14)18(19,20)21/h2-9,12H,11H2,1H3,(H,23,24)/t12-/m1/s1. The normalized spacial score (nSPS) is 12.1. The van der Waals surface area contributed by atoms with Crippen molar-refractivity contribution in [2.45, 2.75) is 13.1 Å². The molecule has 2 rings (SSSR count). The first-order valence-electron chi connectivity index (χ1n) is 7.41. The summed E-state index contributed by atoms with van der Waals surface area (Å²) in [7, 11) is 0. The zero-order valence-corrected chi connectivity index (χ0v) is 13.3. The van der Waals surface area contributed by atoms with E-state index in [1.54, 1.807) is 31.2 Å². The Morgan fingerprint density at radius 1 is 1.24 bits per heavy atom. The van der Waals surface area contributed by atoms with Gasteiger partial charge in [-0.05, 0) is 30.3 Å². The lowest BCUT2D eigenvalue weighted by Crippen LogP contribution is -2.25. The molecule has 0 radical (unpaired) electrons. The number of carbonyl (C=O) groups is 1. The number of nitriles is 1. The number of amides is 1. The Kier molecular flexibility index (Phi) is 5.65. The van der Waals surface area contributed by atoms with Crippen molar-refractivity contribution in [3.05, 3.63) is 59.7 Å². The minimum Gasteiger partial charge on any atom is -0.493 e. The molecule has 0 aliphatic rings.